The highest BCUT2D eigenvalue weighted by molar-refractivity contribution is 7.96. The van der Waals surface area contributed by atoms with Crippen LogP contribution in [-0.4, -0.2) is 48.2 Å². The molecule has 0 spiro atoms. The smallest absolute Gasteiger partial charge is 0.123 e. The fourth-order valence-electron chi connectivity index (χ4n) is 4.76. The zero-order chi connectivity index (χ0) is 18.4. The van der Waals surface area contributed by atoms with Gasteiger partial charge in [0.1, 0.15) is 5.82 Å². The molecule has 4 heteroatoms. The molecule has 1 aliphatic carbocycles. The van der Waals surface area contributed by atoms with E-state index in [4.69, 9.17) is 0 Å². The van der Waals surface area contributed by atoms with Gasteiger partial charge in [-0.05, 0) is 101 Å². The van der Waals surface area contributed by atoms with Gasteiger partial charge in [0, 0.05) is 12.6 Å². The van der Waals surface area contributed by atoms with Gasteiger partial charge in [-0.3, -0.25) is 4.31 Å². The maximum atomic E-state index is 13.0. The highest BCUT2D eigenvalue weighted by Gasteiger charge is 2.29. The maximum Gasteiger partial charge on any atom is 0.123 e. The van der Waals surface area contributed by atoms with E-state index in [1.165, 1.54) is 70.1 Å². The number of rotatable bonds is 8. The molecule has 0 aromatic heterocycles. The highest BCUT2D eigenvalue weighted by Crippen LogP contribution is 2.32. The van der Waals surface area contributed by atoms with Crippen molar-refractivity contribution in [1.29, 1.82) is 0 Å². The van der Waals surface area contributed by atoms with E-state index in [0.29, 0.717) is 0 Å². The largest absolute Gasteiger partial charge is 0.303 e. The second-order valence-corrected chi connectivity index (χ2v) is 9.27. The number of hydrogen-bond donors (Lipinski definition) is 0. The molecule has 0 amide bonds. The SMILES string of the molecule is CSN(C)C1CCC(CN2CCC(CCCc3ccc(F)cc3)CC2)C1. The number of aryl methyl sites for hydroxylation is 1. The van der Waals surface area contributed by atoms with Crippen molar-refractivity contribution in [2.75, 3.05) is 32.9 Å². The van der Waals surface area contributed by atoms with Crippen LogP contribution < -0.4 is 0 Å². The molecule has 1 saturated heterocycles. The molecule has 2 aliphatic rings. The summed E-state index contributed by atoms with van der Waals surface area (Å²) >= 11 is 1.88. The molecule has 1 aromatic carbocycles. The molecular weight excluding hydrogens is 343 g/mol. The lowest BCUT2D eigenvalue weighted by Crippen LogP contribution is -2.37. The minimum atomic E-state index is -0.130. The van der Waals surface area contributed by atoms with E-state index in [9.17, 15) is 4.39 Å². The van der Waals surface area contributed by atoms with Gasteiger partial charge in [-0.1, -0.05) is 30.5 Å². The second kappa shape index (κ2) is 10.1. The monoisotopic (exact) mass is 378 g/mol. The lowest BCUT2D eigenvalue weighted by molar-refractivity contribution is 0.154. The zero-order valence-electron chi connectivity index (χ0n) is 16.5. The zero-order valence-corrected chi connectivity index (χ0v) is 17.3. The normalized spacial score (nSPS) is 25.2. The first-order chi connectivity index (χ1) is 12.6. The summed E-state index contributed by atoms with van der Waals surface area (Å²) in [5.41, 5.74) is 1.27. The van der Waals surface area contributed by atoms with Crippen LogP contribution in [0, 0.1) is 17.7 Å². The van der Waals surface area contributed by atoms with Gasteiger partial charge in [0.05, 0.1) is 0 Å². The van der Waals surface area contributed by atoms with Crippen LogP contribution in [0.25, 0.3) is 0 Å². The summed E-state index contributed by atoms with van der Waals surface area (Å²) in [6.07, 6.45) is 12.7. The first-order valence-electron chi connectivity index (χ1n) is 10.4. The maximum absolute atomic E-state index is 13.0. The summed E-state index contributed by atoms with van der Waals surface area (Å²) in [4.78, 5) is 2.72. The molecule has 1 saturated carbocycles. The Morgan fingerprint density at radius 1 is 1.08 bits per heavy atom. The van der Waals surface area contributed by atoms with Crippen LogP contribution in [0.1, 0.15) is 50.5 Å². The standard InChI is InChI=1S/C22H35FN2S/c1-24(26-2)22-11-8-20(16-22)17-25-14-12-19(13-15-25)5-3-4-18-6-9-21(23)10-7-18/h6-7,9-10,19-20,22H,3-5,8,11-17H2,1-2H3. The number of halogens is 1. The van der Waals surface area contributed by atoms with Crippen molar-refractivity contribution in [1.82, 2.24) is 9.21 Å². The minimum absolute atomic E-state index is 0.130. The molecule has 2 fully saturated rings. The van der Waals surface area contributed by atoms with Gasteiger partial charge in [0.15, 0.2) is 0 Å². The topological polar surface area (TPSA) is 6.48 Å². The third kappa shape index (κ3) is 5.97. The number of benzene rings is 1. The van der Waals surface area contributed by atoms with Crippen LogP contribution in [0.5, 0.6) is 0 Å². The van der Waals surface area contributed by atoms with Crippen LogP contribution in [0.2, 0.25) is 0 Å². The van der Waals surface area contributed by atoms with Crippen molar-refractivity contribution >= 4 is 11.9 Å². The number of nitrogens with zero attached hydrogens (tertiary/aromatic N) is 2. The fourth-order valence-corrected chi connectivity index (χ4v) is 5.25. The van der Waals surface area contributed by atoms with Crippen LogP contribution >= 0.6 is 11.9 Å². The summed E-state index contributed by atoms with van der Waals surface area (Å²) in [5.74, 6) is 1.67. The Bertz CT molecular complexity index is 527. The van der Waals surface area contributed by atoms with Gasteiger partial charge in [-0.25, -0.2) is 4.39 Å². The number of likely N-dealkylation sites (tertiary alicyclic amines) is 1. The van der Waals surface area contributed by atoms with Crippen LogP contribution in [0.3, 0.4) is 0 Å². The van der Waals surface area contributed by atoms with Gasteiger partial charge in [-0.2, -0.15) is 0 Å². The van der Waals surface area contributed by atoms with Crippen LogP contribution in [0.4, 0.5) is 4.39 Å². The molecule has 2 nitrogen and oxygen atoms in total. The minimum Gasteiger partial charge on any atom is -0.303 e. The molecule has 2 unspecified atom stereocenters. The Morgan fingerprint density at radius 2 is 1.81 bits per heavy atom. The van der Waals surface area contributed by atoms with E-state index in [0.717, 1.165) is 24.3 Å². The van der Waals surface area contributed by atoms with Gasteiger partial charge in [-0.15, -0.1) is 0 Å². The van der Waals surface area contributed by atoms with Gasteiger partial charge in [0.25, 0.3) is 0 Å². The van der Waals surface area contributed by atoms with E-state index in [2.05, 4.69) is 22.5 Å². The Labute approximate surface area is 163 Å². The van der Waals surface area contributed by atoms with Gasteiger partial charge >= 0.3 is 0 Å². The molecule has 2 atom stereocenters. The Morgan fingerprint density at radius 3 is 2.50 bits per heavy atom. The number of hydrogen-bond acceptors (Lipinski definition) is 3. The molecule has 26 heavy (non-hydrogen) atoms. The van der Waals surface area contributed by atoms with Crippen molar-refractivity contribution in [2.24, 2.45) is 11.8 Å². The molecule has 3 rings (SSSR count). The summed E-state index contributed by atoms with van der Waals surface area (Å²) in [6, 6.07) is 7.82. The summed E-state index contributed by atoms with van der Waals surface area (Å²) in [5, 5.41) is 0. The summed E-state index contributed by atoms with van der Waals surface area (Å²) in [6.45, 7) is 3.91. The second-order valence-electron chi connectivity index (χ2n) is 8.32. The van der Waals surface area contributed by atoms with E-state index in [-0.39, 0.29) is 5.82 Å². The lowest BCUT2D eigenvalue weighted by Gasteiger charge is -2.33. The average Bonchev–Trinajstić information content (AvgIpc) is 3.13. The fraction of sp³-hybridized carbons (Fsp3) is 0.727. The first-order valence-corrected chi connectivity index (χ1v) is 11.6. The summed E-state index contributed by atoms with van der Waals surface area (Å²) in [7, 11) is 2.25. The van der Waals surface area contributed by atoms with Crippen molar-refractivity contribution in [3.05, 3.63) is 35.6 Å². The third-order valence-corrected chi connectivity index (χ3v) is 7.40. The lowest BCUT2D eigenvalue weighted by atomic mass is 9.90. The predicted octanol–water partition coefficient (Wildman–Crippen LogP) is 5.24. The first kappa shape index (κ1) is 20.2. The molecule has 146 valence electrons. The van der Waals surface area contributed by atoms with Crippen molar-refractivity contribution in [2.45, 2.75) is 57.4 Å². The van der Waals surface area contributed by atoms with Gasteiger partial charge < -0.3 is 4.90 Å². The highest BCUT2D eigenvalue weighted by atomic mass is 32.2. The van der Waals surface area contributed by atoms with E-state index in [1.807, 2.05) is 24.1 Å². The molecule has 1 heterocycles. The van der Waals surface area contributed by atoms with Crippen molar-refractivity contribution in [3.8, 4) is 0 Å². The Kier molecular flexibility index (Phi) is 7.83. The van der Waals surface area contributed by atoms with E-state index < -0.39 is 0 Å². The predicted molar refractivity (Wildman–Crippen MR) is 111 cm³/mol. The Hall–Kier alpha value is -0.580. The average molecular weight is 379 g/mol. The van der Waals surface area contributed by atoms with Crippen molar-refractivity contribution < 1.29 is 4.39 Å². The van der Waals surface area contributed by atoms with Crippen molar-refractivity contribution in [3.63, 3.8) is 0 Å². The number of piperidine rings is 1. The molecule has 0 bridgehead atoms. The van der Waals surface area contributed by atoms with Gasteiger partial charge in [0.2, 0.25) is 0 Å². The molecule has 1 aromatic rings. The quantitative estimate of drug-likeness (QED) is 0.571. The molecule has 0 radical (unpaired) electrons. The van der Waals surface area contributed by atoms with E-state index >= 15 is 0 Å². The summed E-state index contributed by atoms with van der Waals surface area (Å²) < 4.78 is 15.4. The van der Waals surface area contributed by atoms with E-state index in [1.54, 1.807) is 12.1 Å². The Balaban J connectivity index is 1.30. The van der Waals surface area contributed by atoms with Crippen LogP contribution in [0.15, 0.2) is 24.3 Å². The molecule has 0 N–H and O–H groups in total. The molecule has 1 aliphatic heterocycles. The molecular formula is C22H35FN2S. The third-order valence-electron chi connectivity index (χ3n) is 6.53. The van der Waals surface area contributed by atoms with Crippen LogP contribution in [-0.2, 0) is 6.42 Å².